The Bertz CT molecular complexity index is 733. The van der Waals surface area contributed by atoms with Crippen LogP contribution in [0.5, 0.6) is 5.75 Å². The van der Waals surface area contributed by atoms with Crippen LogP contribution in [-0.4, -0.2) is 22.0 Å². The minimum Gasteiger partial charge on any atom is -0.490 e. The molecule has 4 nitrogen and oxygen atoms in total. The molecule has 2 N–H and O–H groups in total. The van der Waals surface area contributed by atoms with Gasteiger partial charge in [-0.25, -0.2) is 9.37 Å². The lowest BCUT2D eigenvalue weighted by molar-refractivity contribution is -0.379. The van der Waals surface area contributed by atoms with Crippen LogP contribution in [0.25, 0.3) is 0 Å². The van der Waals surface area contributed by atoms with Crippen LogP contribution in [0, 0.1) is 5.82 Å². The van der Waals surface area contributed by atoms with E-state index in [0.717, 1.165) is 29.3 Å². The summed E-state index contributed by atoms with van der Waals surface area (Å²) in [6, 6.07) is 9.66. The van der Waals surface area contributed by atoms with Crippen LogP contribution in [0.3, 0.4) is 0 Å². The van der Waals surface area contributed by atoms with Crippen molar-refractivity contribution in [3.8, 4) is 5.75 Å². The highest BCUT2D eigenvalue weighted by Crippen LogP contribution is 2.36. The van der Waals surface area contributed by atoms with Crippen LogP contribution in [0.2, 0.25) is 23.2 Å². The van der Waals surface area contributed by atoms with Crippen molar-refractivity contribution in [1.29, 1.82) is 0 Å². The molecule has 1 unspecified atom stereocenters. The van der Waals surface area contributed by atoms with Gasteiger partial charge in [0.05, 0.1) is 18.8 Å². The SMILES string of the molecule is CC[Si](CC)(CC)OC(CNCc1ccc(F)cc1)c1c(Cl)c[nH+]cc1OC. The van der Waals surface area contributed by atoms with E-state index in [1.54, 1.807) is 31.6 Å². The highest BCUT2D eigenvalue weighted by Gasteiger charge is 2.34. The van der Waals surface area contributed by atoms with Crippen molar-refractivity contribution in [2.45, 2.75) is 51.6 Å². The number of rotatable bonds is 11. The van der Waals surface area contributed by atoms with E-state index in [0.29, 0.717) is 23.9 Å². The van der Waals surface area contributed by atoms with Gasteiger partial charge < -0.3 is 14.5 Å². The van der Waals surface area contributed by atoms with Gasteiger partial charge in [-0.2, -0.15) is 0 Å². The molecule has 28 heavy (non-hydrogen) atoms. The summed E-state index contributed by atoms with van der Waals surface area (Å²) < 4.78 is 25.5. The van der Waals surface area contributed by atoms with Crippen LogP contribution in [0.4, 0.5) is 4.39 Å². The van der Waals surface area contributed by atoms with Gasteiger partial charge in [-0.05, 0) is 35.8 Å². The van der Waals surface area contributed by atoms with Crippen LogP contribution in [0.15, 0.2) is 36.7 Å². The van der Waals surface area contributed by atoms with Gasteiger partial charge in [0.1, 0.15) is 10.8 Å². The number of halogens is 2. The molecule has 0 saturated heterocycles. The van der Waals surface area contributed by atoms with Gasteiger partial charge in [0.2, 0.25) is 6.20 Å². The number of hydrogen-bond donors (Lipinski definition) is 1. The van der Waals surface area contributed by atoms with E-state index in [1.165, 1.54) is 12.1 Å². The molecular weight excluding hydrogens is 395 g/mol. The minimum atomic E-state index is -1.87. The molecule has 0 radical (unpaired) electrons. The zero-order chi connectivity index (χ0) is 20.6. The Morgan fingerprint density at radius 1 is 1.11 bits per heavy atom. The van der Waals surface area contributed by atoms with Crippen LogP contribution in [0.1, 0.15) is 38.0 Å². The first kappa shape index (κ1) is 22.8. The molecule has 154 valence electrons. The van der Waals surface area contributed by atoms with Crippen LogP contribution < -0.4 is 15.0 Å². The van der Waals surface area contributed by atoms with E-state index in [-0.39, 0.29) is 11.9 Å². The quantitative estimate of drug-likeness (QED) is 0.506. The fourth-order valence-corrected chi connectivity index (χ4v) is 6.48. The van der Waals surface area contributed by atoms with Crippen molar-refractivity contribution in [3.63, 3.8) is 0 Å². The molecule has 1 aromatic heterocycles. The average Bonchev–Trinajstić information content (AvgIpc) is 2.72. The van der Waals surface area contributed by atoms with Gasteiger partial charge >= 0.3 is 0 Å². The zero-order valence-electron chi connectivity index (χ0n) is 17.1. The highest BCUT2D eigenvalue weighted by molar-refractivity contribution is 6.73. The maximum atomic E-state index is 13.1. The van der Waals surface area contributed by atoms with Gasteiger partial charge in [0.25, 0.3) is 0 Å². The van der Waals surface area contributed by atoms with Gasteiger partial charge in [0, 0.05) is 13.1 Å². The number of aromatic amines is 1. The molecule has 0 saturated carbocycles. The normalized spacial score (nSPS) is 12.8. The third-order valence-corrected chi connectivity index (χ3v) is 10.3. The molecule has 2 rings (SSSR count). The Balaban J connectivity index is 2.24. The molecule has 1 aromatic carbocycles. The standard InChI is InChI=1S/C21H30ClFN2O2Si/c1-5-28(6-2,7-3)27-20(21-18(22)13-25-14-19(21)26-4)15-24-12-16-8-10-17(23)11-9-16/h8-11,13-14,20,24H,5-7,12,15H2,1-4H3/p+1. The third kappa shape index (κ3) is 5.77. The van der Waals surface area contributed by atoms with Crippen molar-refractivity contribution in [2.75, 3.05) is 13.7 Å². The maximum absolute atomic E-state index is 13.1. The predicted molar refractivity (Wildman–Crippen MR) is 114 cm³/mol. The predicted octanol–water partition coefficient (Wildman–Crippen LogP) is 5.15. The largest absolute Gasteiger partial charge is 0.490 e. The molecule has 0 bridgehead atoms. The van der Waals surface area contributed by atoms with Crippen molar-refractivity contribution in [1.82, 2.24) is 5.32 Å². The number of pyridine rings is 1. The van der Waals surface area contributed by atoms with E-state index in [2.05, 4.69) is 31.1 Å². The number of aromatic nitrogens is 1. The molecule has 0 aliphatic carbocycles. The smallest absolute Gasteiger partial charge is 0.209 e. The van der Waals surface area contributed by atoms with E-state index < -0.39 is 8.32 Å². The van der Waals surface area contributed by atoms with Gasteiger partial charge in [-0.15, -0.1) is 0 Å². The Morgan fingerprint density at radius 2 is 1.75 bits per heavy atom. The molecule has 2 aromatic rings. The molecule has 0 aliphatic heterocycles. The van der Waals surface area contributed by atoms with Crippen molar-refractivity contribution in [3.05, 3.63) is 58.6 Å². The number of nitrogens with one attached hydrogen (secondary N) is 2. The summed E-state index contributed by atoms with van der Waals surface area (Å²) >= 11 is 6.53. The molecule has 0 amide bonds. The Hall–Kier alpha value is -1.47. The number of benzene rings is 1. The topological polar surface area (TPSA) is 44.6 Å². The Kier molecular flexibility index (Phi) is 8.88. The van der Waals surface area contributed by atoms with Crippen LogP contribution >= 0.6 is 11.6 Å². The van der Waals surface area contributed by atoms with E-state index in [1.807, 2.05) is 0 Å². The summed E-state index contributed by atoms with van der Waals surface area (Å²) in [6.45, 7) is 7.84. The Morgan fingerprint density at radius 3 is 2.32 bits per heavy atom. The number of methoxy groups -OCH3 is 1. The summed E-state index contributed by atoms with van der Waals surface area (Å²) in [5, 5.41) is 4.04. The van der Waals surface area contributed by atoms with E-state index in [9.17, 15) is 4.39 Å². The Labute approximate surface area is 173 Å². The number of ether oxygens (including phenoxy) is 1. The highest BCUT2D eigenvalue weighted by atomic mass is 35.5. The second-order valence-corrected chi connectivity index (χ2v) is 12.0. The fourth-order valence-electron chi connectivity index (χ4n) is 3.40. The summed E-state index contributed by atoms with van der Waals surface area (Å²) in [7, 11) is -0.238. The molecule has 1 atom stereocenters. The van der Waals surface area contributed by atoms with E-state index in [4.69, 9.17) is 20.8 Å². The first-order chi connectivity index (χ1) is 13.5. The molecule has 7 heteroatoms. The summed E-state index contributed by atoms with van der Waals surface area (Å²) in [5.74, 6) is 0.457. The van der Waals surface area contributed by atoms with E-state index >= 15 is 0 Å². The minimum absolute atomic E-state index is 0.219. The lowest BCUT2D eigenvalue weighted by atomic mass is 10.1. The molecule has 0 fully saturated rings. The first-order valence-corrected chi connectivity index (χ1v) is 12.8. The number of H-pyrrole nitrogens is 1. The summed E-state index contributed by atoms with van der Waals surface area (Å²) in [6.07, 6.45) is 3.33. The van der Waals surface area contributed by atoms with Gasteiger partial charge in [-0.1, -0.05) is 44.5 Å². The summed E-state index contributed by atoms with van der Waals surface area (Å²) in [4.78, 5) is 3.01. The first-order valence-electron chi connectivity index (χ1n) is 9.85. The zero-order valence-corrected chi connectivity index (χ0v) is 18.9. The van der Waals surface area contributed by atoms with Crippen molar-refractivity contribution in [2.24, 2.45) is 0 Å². The van der Waals surface area contributed by atoms with Crippen molar-refractivity contribution >= 4 is 19.9 Å². The lowest BCUT2D eigenvalue weighted by Gasteiger charge is -2.34. The van der Waals surface area contributed by atoms with Gasteiger partial charge in [0.15, 0.2) is 20.3 Å². The second-order valence-electron chi connectivity index (χ2n) is 6.89. The molecule has 1 heterocycles. The van der Waals surface area contributed by atoms with Crippen LogP contribution in [-0.2, 0) is 11.0 Å². The van der Waals surface area contributed by atoms with Gasteiger partial charge in [-0.3, -0.25) is 0 Å². The second kappa shape index (κ2) is 10.9. The van der Waals surface area contributed by atoms with Crippen molar-refractivity contribution < 1.29 is 18.5 Å². The molecule has 0 aliphatic rings. The lowest BCUT2D eigenvalue weighted by Crippen LogP contribution is -2.40. The maximum Gasteiger partial charge on any atom is 0.209 e. The average molecular weight is 426 g/mol. The fraction of sp³-hybridized carbons (Fsp3) is 0.476. The monoisotopic (exact) mass is 425 g/mol. The molecular formula is C21H31ClFN2O2Si+. The third-order valence-electron chi connectivity index (χ3n) is 5.39. The number of hydrogen-bond acceptors (Lipinski definition) is 3. The summed E-state index contributed by atoms with van der Waals surface area (Å²) in [5.41, 5.74) is 1.88. The molecule has 0 spiro atoms.